The summed E-state index contributed by atoms with van der Waals surface area (Å²) in [5.41, 5.74) is -1.64. The van der Waals surface area contributed by atoms with E-state index in [1.807, 2.05) is 45.9 Å². The highest BCUT2D eigenvalue weighted by Gasteiger charge is 2.60. The number of halogens is 2. The second-order valence-corrected chi connectivity index (χ2v) is 12.8. The van der Waals surface area contributed by atoms with Gasteiger partial charge in [-0.25, -0.2) is 8.78 Å². The molecule has 1 aromatic carbocycles. The van der Waals surface area contributed by atoms with Gasteiger partial charge in [-0.05, 0) is 55.0 Å². The van der Waals surface area contributed by atoms with Gasteiger partial charge in [0.25, 0.3) is 5.92 Å². The van der Waals surface area contributed by atoms with Crippen molar-refractivity contribution in [1.82, 2.24) is 10.2 Å². The average molecular weight is 496 g/mol. The molecule has 2 aliphatic heterocycles. The molecular weight excluding hydrogens is 456 g/mol. The predicted octanol–water partition coefficient (Wildman–Crippen LogP) is 5.25. The highest BCUT2D eigenvalue weighted by Crippen LogP contribution is 2.55. The van der Waals surface area contributed by atoms with Gasteiger partial charge in [-0.2, -0.15) is 4.40 Å². The molecule has 34 heavy (non-hydrogen) atoms. The van der Waals surface area contributed by atoms with Crippen LogP contribution in [0.3, 0.4) is 0 Å². The summed E-state index contributed by atoms with van der Waals surface area (Å²) in [4.78, 5) is 1.77. The lowest BCUT2D eigenvalue weighted by Crippen LogP contribution is -2.61. The van der Waals surface area contributed by atoms with Crippen LogP contribution >= 0.6 is 11.9 Å². The molecule has 1 saturated carbocycles. The van der Waals surface area contributed by atoms with Crippen LogP contribution in [0, 0.1) is 10.8 Å². The number of rotatable bonds is 8. The Bertz CT molecular complexity index is 862. The zero-order valence-electron chi connectivity index (χ0n) is 20.8. The van der Waals surface area contributed by atoms with Crippen LogP contribution in [0.25, 0.3) is 0 Å². The van der Waals surface area contributed by atoms with Crippen LogP contribution in [0.2, 0.25) is 0 Å². The molecule has 0 aromatic heterocycles. The van der Waals surface area contributed by atoms with E-state index in [1.165, 1.54) is 17.5 Å². The Hall–Kier alpha value is -1.22. The number of aliphatic hydroxyl groups is 1. The maximum Gasteiger partial charge on any atom is 0.288 e. The minimum Gasteiger partial charge on any atom is -0.462 e. The van der Waals surface area contributed by atoms with Gasteiger partial charge in [0.1, 0.15) is 5.60 Å². The van der Waals surface area contributed by atoms with Gasteiger partial charge in [0.2, 0.25) is 5.90 Å². The standard InChI is InChI=1S/C26H39F2N3O2S/c1-23(2)15-24(3,4)17-25(32,16-23)26(27,28)18-31-12-8-11-20(31)22-30-34-21(33-22)14-29-13-19-9-6-5-7-10-19/h5-7,9-10,20-21,29,32H,8,11-18H2,1-4H3/t20?,21-/m0/s1. The minimum absolute atomic E-state index is 0.109. The van der Waals surface area contributed by atoms with Crippen LogP contribution in [-0.2, 0) is 11.3 Å². The van der Waals surface area contributed by atoms with Gasteiger partial charge in [0.05, 0.1) is 12.6 Å². The molecule has 1 saturated heterocycles. The summed E-state index contributed by atoms with van der Waals surface area (Å²) in [6.45, 7) is 9.39. The van der Waals surface area contributed by atoms with Gasteiger partial charge in [-0.15, -0.1) is 0 Å². The molecule has 3 aliphatic rings. The van der Waals surface area contributed by atoms with Gasteiger partial charge in [0, 0.05) is 25.0 Å². The average Bonchev–Trinajstić information content (AvgIpc) is 3.35. The monoisotopic (exact) mass is 495 g/mol. The van der Waals surface area contributed by atoms with Gasteiger partial charge in [-0.1, -0.05) is 58.0 Å². The number of benzene rings is 1. The zero-order valence-corrected chi connectivity index (χ0v) is 21.6. The number of hydrogen-bond acceptors (Lipinski definition) is 6. The summed E-state index contributed by atoms with van der Waals surface area (Å²) < 4.78 is 42.0. The van der Waals surface area contributed by atoms with E-state index >= 15 is 8.78 Å². The van der Waals surface area contributed by atoms with Crippen molar-refractivity contribution < 1.29 is 18.6 Å². The summed E-state index contributed by atoms with van der Waals surface area (Å²) in [6.07, 6.45) is 2.61. The lowest BCUT2D eigenvalue weighted by Gasteiger charge is -2.52. The predicted molar refractivity (Wildman–Crippen MR) is 134 cm³/mol. The van der Waals surface area contributed by atoms with Gasteiger partial charge < -0.3 is 15.2 Å². The summed E-state index contributed by atoms with van der Waals surface area (Å²) in [5, 5.41) is 14.6. The lowest BCUT2D eigenvalue weighted by atomic mass is 9.58. The van der Waals surface area contributed by atoms with Crippen molar-refractivity contribution in [1.29, 1.82) is 0 Å². The smallest absolute Gasteiger partial charge is 0.288 e. The maximum absolute atomic E-state index is 15.7. The fourth-order valence-electron chi connectivity index (χ4n) is 6.46. The zero-order chi connectivity index (χ0) is 24.6. The topological polar surface area (TPSA) is 57.1 Å². The number of alkyl halides is 2. The van der Waals surface area contributed by atoms with Gasteiger partial charge in [0.15, 0.2) is 5.44 Å². The number of nitrogens with one attached hydrogen (secondary N) is 1. The van der Waals surface area contributed by atoms with Crippen molar-refractivity contribution in [2.24, 2.45) is 15.2 Å². The van der Waals surface area contributed by atoms with E-state index in [0.29, 0.717) is 19.0 Å². The molecule has 190 valence electrons. The van der Waals surface area contributed by atoms with Gasteiger partial charge >= 0.3 is 0 Å². The Morgan fingerprint density at radius 2 is 1.82 bits per heavy atom. The molecule has 0 spiro atoms. The third kappa shape index (κ3) is 5.94. The number of nitrogens with zero attached hydrogens (tertiary/aromatic N) is 2. The van der Waals surface area contributed by atoms with E-state index in [0.717, 1.165) is 25.8 Å². The summed E-state index contributed by atoms with van der Waals surface area (Å²) in [7, 11) is 0. The highest BCUT2D eigenvalue weighted by atomic mass is 32.2. The van der Waals surface area contributed by atoms with Crippen LogP contribution in [0.5, 0.6) is 0 Å². The van der Waals surface area contributed by atoms with E-state index < -0.39 is 18.1 Å². The minimum atomic E-state index is -3.21. The van der Waals surface area contributed by atoms with Crippen LogP contribution in [0.1, 0.15) is 65.4 Å². The first-order chi connectivity index (χ1) is 15.9. The highest BCUT2D eigenvalue weighted by molar-refractivity contribution is 7.98. The molecule has 1 aliphatic carbocycles. The van der Waals surface area contributed by atoms with Crippen molar-refractivity contribution in [3.8, 4) is 0 Å². The van der Waals surface area contributed by atoms with E-state index in [4.69, 9.17) is 4.74 Å². The van der Waals surface area contributed by atoms with Crippen molar-refractivity contribution >= 4 is 17.8 Å². The number of hydrogen-bond donors (Lipinski definition) is 2. The van der Waals surface area contributed by atoms with Crippen molar-refractivity contribution in [2.45, 2.75) is 89.3 Å². The molecule has 4 rings (SSSR count). The Morgan fingerprint density at radius 1 is 1.15 bits per heavy atom. The second kappa shape index (κ2) is 9.68. The van der Waals surface area contributed by atoms with E-state index in [2.05, 4.69) is 21.8 Å². The SMILES string of the molecule is CC1(C)CC(C)(C)CC(O)(C(F)(F)CN2CCCC2C2=NS[C@@H](CNCc3ccccc3)O2)C1. The fourth-order valence-corrected chi connectivity index (χ4v) is 7.18. The third-order valence-electron chi connectivity index (χ3n) is 7.23. The van der Waals surface area contributed by atoms with Crippen LogP contribution in [0.15, 0.2) is 34.7 Å². The molecule has 2 N–H and O–H groups in total. The lowest BCUT2D eigenvalue weighted by molar-refractivity contribution is -0.234. The molecule has 2 heterocycles. The first-order valence-corrected chi connectivity index (χ1v) is 13.2. The van der Waals surface area contributed by atoms with Crippen molar-refractivity contribution in [3.05, 3.63) is 35.9 Å². The molecular formula is C26H39F2N3O2S. The summed E-state index contributed by atoms with van der Waals surface area (Å²) >= 11 is 1.36. The number of likely N-dealkylation sites (tertiary alicyclic amines) is 1. The summed E-state index contributed by atoms with van der Waals surface area (Å²) in [6, 6.07) is 9.88. The van der Waals surface area contributed by atoms with Crippen molar-refractivity contribution in [2.75, 3.05) is 19.6 Å². The van der Waals surface area contributed by atoms with E-state index in [-0.39, 0.29) is 35.1 Å². The molecule has 5 nitrogen and oxygen atoms in total. The molecule has 1 unspecified atom stereocenters. The first-order valence-electron chi connectivity index (χ1n) is 12.4. The Kier molecular flexibility index (Phi) is 7.36. The molecule has 2 atom stereocenters. The van der Waals surface area contributed by atoms with Crippen LogP contribution in [-0.4, -0.2) is 58.5 Å². The molecule has 8 heteroatoms. The van der Waals surface area contributed by atoms with Gasteiger partial charge in [-0.3, -0.25) is 4.90 Å². The second-order valence-electron chi connectivity index (χ2n) is 11.9. The maximum atomic E-state index is 15.7. The van der Waals surface area contributed by atoms with E-state index in [9.17, 15) is 5.11 Å². The number of ether oxygens (including phenoxy) is 1. The fraction of sp³-hybridized carbons (Fsp3) is 0.731. The molecule has 0 bridgehead atoms. The molecule has 2 fully saturated rings. The quantitative estimate of drug-likeness (QED) is 0.483. The molecule has 0 amide bonds. The Balaban J connectivity index is 1.34. The van der Waals surface area contributed by atoms with Crippen LogP contribution in [0.4, 0.5) is 8.78 Å². The Morgan fingerprint density at radius 3 is 2.50 bits per heavy atom. The van der Waals surface area contributed by atoms with Crippen LogP contribution < -0.4 is 5.32 Å². The largest absolute Gasteiger partial charge is 0.462 e. The third-order valence-corrected chi connectivity index (χ3v) is 8.01. The molecule has 1 aromatic rings. The summed E-state index contributed by atoms with van der Waals surface area (Å²) in [5.74, 6) is -2.67. The first kappa shape index (κ1) is 25.9. The normalized spacial score (nSPS) is 28.5. The Labute approximate surface area is 206 Å². The van der Waals surface area contributed by atoms with Crippen molar-refractivity contribution in [3.63, 3.8) is 0 Å². The van der Waals surface area contributed by atoms with E-state index in [1.54, 1.807) is 4.90 Å². The molecule has 0 radical (unpaired) electrons.